The van der Waals surface area contributed by atoms with Gasteiger partial charge in [-0.15, -0.1) is 0 Å². The molecule has 2 atom stereocenters. The number of fused-ring (bicyclic) bond motifs is 2. The zero-order chi connectivity index (χ0) is 23.6. The highest BCUT2D eigenvalue weighted by Crippen LogP contribution is 2.28. The van der Waals surface area contributed by atoms with Crippen LogP contribution >= 0.6 is 0 Å². The Bertz CT molecular complexity index is 983. The van der Waals surface area contributed by atoms with Gasteiger partial charge in [0.05, 0.1) is 36.0 Å². The molecule has 2 aromatic rings. The Morgan fingerprint density at radius 2 is 1.76 bits per heavy atom. The number of halogens is 3. The van der Waals surface area contributed by atoms with E-state index in [1.807, 2.05) is 0 Å². The van der Waals surface area contributed by atoms with Crippen LogP contribution in [0.1, 0.15) is 35.0 Å². The molecule has 2 bridgehead atoms. The van der Waals surface area contributed by atoms with Gasteiger partial charge in [-0.3, -0.25) is 4.79 Å². The standard InChI is InChI=1S/C17H20N6O3.C2HF3O2/c24-16(15-3-14(22-26-15)10-4-18-5-10)21-11-6-19-17(20-7-11)23-8-12-1-2-13(9-23)25-12;3-2(4,5)1(6)7/h3,6-7,10,12-13,18H,1-2,4-5,8-9H2,(H,21,24);(H,6,7). The van der Waals surface area contributed by atoms with Crippen LogP contribution in [0, 0.1) is 0 Å². The van der Waals surface area contributed by atoms with Gasteiger partial charge in [-0.25, -0.2) is 14.8 Å². The maximum Gasteiger partial charge on any atom is 0.490 e. The second-order valence-electron chi connectivity index (χ2n) is 7.86. The zero-order valence-electron chi connectivity index (χ0n) is 17.2. The van der Waals surface area contributed by atoms with E-state index in [-0.39, 0.29) is 23.9 Å². The summed E-state index contributed by atoms with van der Waals surface area (Å²) in [6.07, 6.45) is 0.915. The normalized spacial score (nSPS) is 22.2. The molecule has 1 amide bonds. The first-order valence-electron chi connectivity index (χ1n) is 10.2. The summed E-state index contributed by atoms with van der Waals surface area (Å²) in [6, 6.07) is 1.69. The third-order valence-corrected chi connectivity index (χ3v) is 5.42. The highest BCUT2D eigenvalue weighted by atomic mass is 19.4. The lowest BCUT2D eigenvalue weighted by atomic mass is 9.99. The number of nitrogens with zero attached hydrogens (tertiary/aromatic N) is 4. The number of alkyl halides is 3. The Hall–Kier alpha value is -3.26. The van der Waals surface area contributed by atoms with Gasteiger partial charge in [0.1, 0.15) is 0 Å². The van der Waals surface area contributed by atoms with Gasteiger partial charge in [-0.2, -0.15) is 13.2 Å². The molecule has 3 aliphatic heterocycles. The molecule has 3 aliphatic rings. The van der Waals surface area contributed by atoms with E-state index in [4.69, 9.17) is 19.2 Å². The van der Waals surface area contributed by atoms with Crippen molar-refractivity contribution in [2.75, 3.05) is 36.4 Å². The largest absolute Gasteiger partial charge is 0.490 e. The topological polar surface area (TPSA) is 143 Å². The van der Waals surface area contributed by atoms with Crippen molar-refractivity contribution in [3.63, 3.8) is 0 Å². The van der Waals surface area contributed by atoms with Crippen molar-refractivity contribution in [1.29, 1.82) is 0 Å². The Kier molecular flexibility index (Phi) is 6.47. The number of carboxylic acid groups (broad SMARTS) is 1. The van der Waals surface area contributed by atoms with E-state index in [9.17, 15) is 18.0 Å². The number of nitrogens with one attached hydrogen (secondary N) is 2. The highest BCUT2D eigenvalue weighted by Gasteiger charge is 2.38. The molecule has 5 rings (SSSR count). The van der Waals surface area contributed by atoms with Crippen LogP contribution in [0.25, 0.3) is 0 Å². The average Bonchev–Trinajstić information content (AvgIpc) is 3.33. The van der Waals surface area contributed by atoms with E-state index >= 15 is 0 Å². The first kappa shape index (κ1) is 22.9. The predicted octanol–water partition coefficient (Wildman–Crippen LogP) is 1.40. The fourth-order valence-electron chi connectivity index (χ4n) is 3.61. The monoisotopic (exact) mass is 470 g/mol. The van der Waals surface area contributed by atoms with Gasteiger partial charge < -0.3 is 29.9 Å². The van der Waals surface area contributed by atoms with Crippen LogP contribution in [0.15, 0.2) is 23.0 Å². The maximum absolute atomic E-state index is 12.3. The van der Waals surface area contributed by atoms with Crippen LogP contribution in [0.5, 0.6) is 0 Å². The number of carboxylic acids is 1. The maximum atomic E-state index is 12.3. The SMILES string of the molecule is O=C(Nc1cnc(N2CC3CCC(C2)O3)nc1)c1cc(C2CNC2)no1.O=C(O)C(F)(F)F. The third kappa shape index (κ3) is 5.57. The number of anilines is 2. The van der Waals surface area contributed by atoms with E-state index in [0.29, 0.717) is 17.6 Å². The molecule has 2 aromatic heterocycles. The first-order valence-corrected chi connectivity index (χ1v) is 10.2. The fraction of sp³-hybridized carbons (Fsp3) is 0.526. The van der Waals surface area contributed by atoms with Crippen LogP contribution in [0.2, 0.25) is 0 Å². The Morgan fingerprint density at radius 1 is 1.15 bits per heavy atom. The number of aliphatic carboxylic acids is 1. The molecule has 3 fully saturated rings. The second-order valence-corrected chi connectivity index (χ2v) is 7.86. The van der Waals surface area contributed by atoms with Crippen molar-refractivity contribution in [1.82, 2.24) is 20.4 Å². The van der Waals surface area contributed by atoms with Crippen LogP contribution < -0.4 is 15.5 Å². The molecular formula is C19H21F3N6O5. The minimum absolute atomic E-state index is 0.195. The summed E-state index contributed by atoms with van der Waals surface area (Å²) in [7, 11) is 0. The lowest BCUT2D eigenvalue weighted by Gasteiger charge is -2.32. The molecule has 3 saturated heterocycles. The molecule has 33 heavy (non-hydrogen) atoms. The Morgan fingerprint density at radius 3 is 2.27 bits per heavy atom. The van der Waals surface area contributed by atoms with E-state index in [1.165, 1.54) is 0 Å². The molecular weight excluding hydrogens is 449 g/mol. The van der Waals surface area contributed by atoms with Crippen LogP contribution in [-0.4, -0.2) is 76.7 Å². The molecule has 0 spiro atoms. The number of morpholine rings is 1. The lowest BCUT2D eigenvalue weighted by molar-refractivity contribution is -0.192. The van der Waals surface area contributed by atoms with Gasteiger partial charge in [0, 0.05) is 38.2 Å². The molecule has 178 valence electrons. The highest BCUT2D eigenvalue weighted by molar-refractivity contribution is 6.02. The van der Waals surface area contributed by atoms with Gasteiger partial charge in [-0.1, -0.05) is 5.16 Å². The second kappa shape index (κ2) is 9.31. The van der Waals surface area contributed by atoms with Crippen molar-refractivity contribution in [3.8, 4) is 0 Å². The first-order chi connectivity index (χ1) is 15.7. The van der Waals surface area contributed by atoms with E-state index in [2.05, 4.69) is 30.7 Å². The molecule has 0 aromatic carbocycles. The van der Waals surface area contributed by atoms with Gasteiger partial charge >= 0.3 is 12.1 Å². The van der Waals surface area contributed by atoms with Gasteiger partial charge in [-0.05, 0) is 12.8 Å². The molecule has 3 N–H and O–H groups in total. The Balaban J connectivity index is 0.000000325. The number of ether oxygens (including phenoxy) is 1. The van der Waals surface area contributed by atoms with Crippen molar-refractivity contribution >= 4 is 23.5 Å². The minimum atomic E-state index is -5.08. The molecule has 0 aliphatic carbocycles. The molecule has 11 nitrogen and oxygen atoms in total. The van der Waals surface area contributed by atoms with Crippen molar-refractivity contribution in [2.45, 2.75) is 37.1 Å². The summed E-state index contributed by atoms with van der Waals surface area (Å²) in [5.41, 5.74) is 1.33. The quantitative estimate of drug-likeness (QED) is 0.600. The number of aromatic nitrogens is 3. The van der Waals surface area contributed by atoms with Gasteiger partial charge in [0.15, 0.2) is 0 Å². The van der Waals surface area contributed by atoms with Crippen molar-refractivity contribution in [3.05, 3.63) is 29.9 Å². The summed E-state index contributed by atoms with van der Waals surface area (Å²) in [5.74, 6) is -1.92. The Labute approximate surface area is 185 Å². The summed E-state index contributed by atoms with van der Waals surface area (Å²) < 4.78 is 42.7. The molecule has 0 radical (unpaired) electrons. The predicted molar refractivity (Wildman–Crippen MR) is 106 cm³/mol. The van der Waals surface area contributed by atoms with Crippen LogP contribution in [-0.2, 0) is 9.53 Å². The summed E-state index contributed by atoms with van der Waals surface area (Å²) in [4.78, 5) is 32.1. The van der Waals surface area contributed by atoms with Crippen LogP contribution in [0.4, 0.5) is 24.8 Å². The number of carbonyl (C=O) groups excluding carboxylic acids is 1. The van der Waals surface area contributed by atoms with Crippen LogP contribution in [0.3, 0.4) is 0 Å². The summed E-state index contributed by atoms with van der Waals surface area (Å²) >= 11 is 0. The molecule has 0 saturated carbocycles. The van der Waals surface area contributed by atoms with Crippen molar-refractivity contribution < 1.29 is 37.1 Å². The molecule has 5 heterocycles. The van der Waals surface area contributed by atoms with Gasteiger partial charge in [0.25, 0.3) is 5.91 Å². The number of hydrogen-bond acceptors (Lipinski definition) is 9. The van der Waals surface area contributed by atoms with Gasteiger partial charge in [0.2, 0.25) is 11.7 Å². The number of hydrogen-bond donors (Lipinski definition) is 3. The summed E-state index contributed by atoms with van der Waals surface area (Å²) in [6.45, 7) is 3.37. The number of rotatable bonds is 4. The molecule has 2 unspecified atom stereocenters. The summed E-state index contributed by atoms with van der Waals surface area (Å²) in [5, 5.41) is 17.0. The minimum Gasteiger partial charge on any atom is -0.475 e. The zero-order valence-corrected chi connectivity index (χ0v) is 17.2. The number of carbonyl (C=O) groups is 2. The molecule has 14 heteroatoms. The third-order valence-electron chi connectivity index (χ3n) is 5.42. The lowest BCUT2D eigenvalue weighted by Crippen LogP contribution is -2.43. The smallest absolute Gasteiger partial charge is 0.475 e. The fourth-order valence-corrected chi connectivity index (χ4v) is 3.61. The van der Waals surface area contributed by atoms with Crippen molar-refractivity contribution in [2.24, 2.45) is 0 Å². The van der Waals surface area contributed by atoms with E-state index in [0.717, 1.165) is 44.7 Å². The van der Waals surface area contributed by atoms with E-state index < -0.39 is 12.1 Å². The van der Waals surface area contributed by atoms with E-state index in [1.54, 1.807) is 18.5 Å². The average molecular weight is 470 g/mol. The number of amides is 1.